The van der Waals surface area contributed by atoms with Crippen molar-refractivity contribution in [2.75, 3.05) is 33.3 Å². The van der Waals surface area contributed by atoms with E-state index in [1.54, 1.807) is 0 Å². The van der Waals surface area contributed by atoms with Crippen molar-refractivity contribution in [3.8, 4) is 0 Å². The zero-order valence-corrected chi connectivity index (χ0v) is 10.2. The van der Waals surface area contributed by atoms with Gasteiger partial charge < -0.3 is 10.1 Å². The first-order valence-corrected chi connectivity index (χ1v) is 5.49. The summed E-state index contributed by atoms with van der Waals surface area (Å²) < 4.78 is 4.89. The largest absolute Gasteiger partial charge is 0.468 e. The van der Waals surface area contributed by atoms with Crippen LogP contribution in [0.3, 0.4) is 0 Å². The van der Waals surface area contributed by atoms with Crippen LogP contribution in [0.25, 0.3) is 0 Å². The van der Waals surface area contributed by atoms with Gasteiger partial charge in [0.25, 0.3) is 0 Å². The lowest BCUT2D eigenvalue weighted by molar-refractivity contribution is -0.151. The van der Waals surface area contributed by atoms with Crippen LogP contribution in [0.4, 0.5) is 0 Å². The quantitative estimate of drug-likeness (QED) is 0.679. The normalized spacial score (nSPS) is 21.1. The van der Waals surface area contributed by atoms with E-state index in [0.29, 0.717) is 0 Å². The topological polar surface area (TPSA) is 41.6 Å². The summed E-state index contributed by atoms with van der Waals surface area (Å²) in [6, 6.07) is -0.135. The van der Waals surface area contributed by atoms with E-state index in [9.17, 15) is 4.79 Å². The van der Waals surface area contributed by atoms with Crippen LogP contribution in [0.2, 0.25) is 0 Å². The maximum absolute atomic E-state index is 11.8. The molecule has 88 valence electrons. The minimum Gasteiger partial charge on any atom is -0.468 e. The molecule has 1 saturated heterocycles. The van der Waals surface area contributed by atoms with Crippen LogP contribution in [-0.4, -0.2) is 50.2 Å². The third-order valence-corrected chi connectivity index (χ3v) is 2.76. The van der Waals surface area contributed by atoms with Gasteiger partial charge >= 0.3 is 5.97 Å². The molecule has 0 aromatic carbocycles. The Hall–Kier alpha value is -0.610. The van der Waals surface area contributed by atoms with Crippen molar-refractivity contribution in [3.05, 3.63) is 0 Å². The summed E-state index contributed by atoms with van der Waals surface area (Å²) in [7, 11) is 1.46. The SMILES string of the molecule is COC(=O)C(N1CCNCC1)C(C)(C)C. The summed E-state index contributed by atoms with van der Waals surface area (Å²) in [6.07, 6.45) is 0. The van der Waals surface area contributed by atoms with Gasteiger partial charge in [-0.15, -0.1) is 0 Å². The summed E-state index contributed by atoms with van der Waals surface area (Å²) >= 11 is 0. The zero-order valence-electron chi connectivity index (χ0n) is 10.2. The van der Waals surface area contributed by atoms with E-state index in [0.717, 1.165) is 26.2 Å². The summed E-state index contributed by atoms with van der Waals surface area (Å²) in [5.74, 6) is -0.121. The van der Waals surface area contributed by atoms with Gasteiger partial charge in [0.1, 0.15) is 6.04 Å². The predicted molar refractivity (Wildman–Crippen MR) is 59.7 cm³/mol. The van der Waals surface area contributed by atoms with Gasteiger partial charge in [-0.1, -0.05) is 20.8 Å². The van der Waals surface area contributed by atoms with Crippen molar-refractivity contribution in [2.45, 2.75) is 26.8 Å². The molecule has 1 heterocycles. The van der Waals surface area contributed by atoms with Crippen molar-refractivity contribution >= 4 is 5.97 Å². The molecule has 1 atom stereocenters. The van der Waals surface area contributed by atoms with Gasteiger partial charge in [-0.25, -0.2) is 0 Å². The molecule has 4 nitrogen and oxygen atoms in total. The number of hydrogen-bond donors (Lipinski definition) is 1. The number of carbonyl (C=O) groups is 1. The fraction of sp³-hybridized carbons (Fsp3) is 0.909. The van der Waals surface area contributed by atoms with Crippen LogP contribution in [0.1, 0.15) is 20.8 Å². The third-order valence-electron chi connectivity index (χ3n) is 2.76. The van der Waals surface area contributed by atoms with Crippen molar-refractivity contribution in [1.82, 2.24) is 10.2 Å². The first kappa shape index (κ1) is 12.5. The molecular formula is C11H22N2O2. The maximum atomic E-state index is 11.8. The molecule has 0 radical (unpaired) electrons. The van der Waals surface area contributed by atoms with E-state index < -0.39 is 0 Å². The smallest absolute Gasteiger partial charge is 0.323 e. The number of carbonyl (C=O) groups excluding carboxylic acids is 1. The molecule has 1 aliphatic rings. The van der Waals surface area contributed by atoms with E-state index in [-0.39, 0.29) is 17.4 Å². The average Bonchev–Trinajstić information content (AvgIpc) is 2.17. The Morgan fingerprint density at radius 2 is 1.87 bits per heavy atom. The minimum absolute atomic E-state index is 0.0789. The van der Waals surface area contributed by atoms with Crippen molar-refractivity contribution in [1.29, 1.82) is 0 Å². The lowest BCUT2D eigenvalue weighted by Crippen LogP contribution is -2.56. The Bertz CT molecular complexity index is 217. The van der Waals surface area contributed by atoms with Crippen LogP contribution < -0.4 is 5.32 Å². The van der Waals surface area contributed by atoms with Crippen LogP contribution in [0, 0.1) is 5.41 Å². The minimum atomic E-state index is -0.135. The molecular weight excluding hydrogens is 192 g/mol. The highest BCUT2D eigenvalue weighted by Gasteiger charge is 2.37. The molecule has 0 bridgehead atoms. The number of nitrogens with one attached hydrogen (secondary N) is 1. The van der Waals surface area contributed by atoms with Crippen LogP contribution >= 0.6 is 0 Å². The molecule has 0 saturated carbocycles. The van der Waals surface area contributed by atoms with Crippen molar-refractivity contribution in [2.24, 2.45) is 5.41 Å². The van der Waals surface area contributed by atoms with Gasteiger partial charge in [0.05, 0.1) is 7.11 Å². The number of ether oxygens (including phenoxy) is 1. The first-order valence-electron chi connectivity index (χ1n) is 5.49. The Balaban J connectivity index is 2.75. The second kappa shape index (κ2) is 4.94. The van der Waals surface area contributed by atoms with Crippen LogP contribution in [0.15, 0.2) is 0 Å². The Morgan fingerprint density at radius 3 is 2.27 bits per heavy atom. The molecule has 15 heavy (non-hydrogen) atoms. The monoisotopic (exact) mass is 214 g/mol. The fourth-order valence-corrected chi connectivity index (χ4v) is 2.10. The van der Waals surface area contributed by atoms with Gasteiger partial charge in [-0.2, -0.15) is 0 Å². The first-order chi connectivity index (χ1) is 6.96. The van der Waals surface area contributed by atoms with Crippen LogP contribution in [-0.2, 0) is 9.53 Å². The van der Waals surface area contributed by atoms with E-state index >= 15 is 0 Å². The van der Waals surface area contributed by atoms with E-state index in [1.807, 2.05) is 0 Å². The molecule has 0 aromatic rings. The second-order valence-corrected chi connectivity index (χ2v) is 5.08. The van der Waals surface area contributed by atoms with Gasteiger partial charge in [0.2, 0.25) is 0 Å². The Labute approximate surface area is 92.0 Å². The summed E-state index contributed by atoms with van der Waals surface area (Å²) in [5, 5.41) is 3.28. The molecule has 1 rings (SSSR count). The average molecular weight is 214 g/mol. The number of rotatable bonds is 2. The van der Waals surface area contributed by atoms with Gasteiger partial charge in [-0.3, -0.25) is 9.69 Å². The van der Waals surface area contributed by atoms with Crippen LogP contribution in [0.5, 0.6) is 0 Å². The number of hydrogen-bond acceptors (Lipinski definition) is 4. The molecule has 0 amide bonds. The number of esters is 1. The van der Waals surface area contributed by atoms with Gasteiger partial charge in [0, 0.05) is 26.2 Å². The molecule has 4 heteroatoms. The van der Waals surface area contributed by atoms with E-state index in [4.69, 9.17) is 4.74 Å². The highest BCUT2D eigenvalue weighted by molar-refractivity contribution is 5.76. The summed E-state index contributed by atoms with van der Waals surface area (Å²) in [4.78, 5) is 14.0. The fourth-order valence-electron chi connectivity index (χ4n) is 2.10. The van der Waals surface area contributed by atoms with E-state index in [2.05, 4.69) is 31.0 Å². The highest BCUT2D eigenvalue weighted by atomic mass is 16.5. The number of nitrogens with zero attached hydrogens (tertiary/aromatic N) is 1. The predicted octanol–water partition coefficient (Wildman–Crippen LogP) is 0.479. The van der Waals surface area contributed by atoms with E-state index in [1.165, 1.54) is 7.11 Å². The standard InChI is InChI=1S/C11H22N2O2/c1-11(2,3)9(10(14)15-4)13-7-5-12-6-8-13/h9,12H,5-8H2,1-4H3. The lowest BCUT2D eigenvalue weighted by atomic mass is 9.85. The highest BCUT2D eigenvalue weighted by Crippen LogP contribution is 2.25. The number of piperazine rings is 1. The zero-order chi connectivity index (χ0) is 11.5. The maximum Gasteiger partial charge on any atom is 0.323 e. The Kier molecular flexibility index (Phi) is 4.11. The third kappa shape index (κ3) is 3.18. The Morgan fingerprint density at radius 1 is 1.33 bits per heavy atom. The molecule has 0 spiro atoms. The summed E-state index contributed by atoms with van der Waals surface area (Å²) in [5.41, 5.74) is -0.0789. The van der Waals surface area contributed by atoms with Crippen molar-refractivity contribution in [3.63, 3.8) is 0 Å². The van der Waals surface area contributed by atoms with Crippen molar-refractivity contribution < 1.29 is 9.53 Å². The molecule has 1 N–H and O–H groups in total. The van der Waals surface area contributed by atoms with Gasteiger partial charge in [0.15, 0.2) is 0 Å². The molecule has 1 aliphatic heterocycles. The number of methoxy groups -OCH3 is 1. The lowest BCUT2D eigenvalue weighted by Gasteiger charge is -2.40. The molecule has 1 unspecified atom stereocenters. The molecule has 0 aliphatic carbocycles. The summed E-state index contributed by atoms with van der Waals surface area (Å²) in [6.45, 7) is 9.96. The molecule has 0 aromatic heterocycles. The second-order valence-electron chi connectivity index (χ2n) is 5.08. The van der Waals surface area contributed by atoms with Gasteiger partial charge in [-0.05, 0) is 5.41 Å². The molecule has 1 fully saturated rings.